The Hall–Kier alpha value is -3.61. The second-order valence-corrected chi connectivity index (χ2v) is 6.78. The zero-order valence-corrected chi connectivity index (χ0v) is 17.1. The first-order valence-corrected chi connectivity index (χ1v) is 9.20. The van der Waals surface area contributed by atoms with Crippen molar-refractivity contribution >= 4 is 0 Å². The lowest BCUT2D eigenvalue weighted by Crippen LogP contribution is -2.00. The fourth-order valence-electron chi connectivity index (χ4n) is 3.44. The first kappa shape index (κ1) is 18.7. The van der Waals surface area contributed by atoms with E-state index >= 15 is 0 Å². The van der Waals surface area contributed by atoms with Crippen LogP contribution >= 0.6 is 0 Å². The van der Waals surface area contributed by atoms with Gasteiger partial charge in [-0.2, -0.15) is 4.98 Å². The lowest BCUT2D eigenvalue weighted by molar-refractivity contribution is 0.394. The topological polar surface area (TPSA) is 75.2 Å². The van der Waals surface area contributed by atoms with Crippen LogP contribution in [0.2, 0.25) is 0 Å². The maximum atomic E-state index is 5.53. The van der Waals surface area contributed by atoms with Gasteiger partial charge in [0.2, 0.25) is 5.82 Å². The molecule has 2 aromatic carbocycles. The maximum Gasteiger partial charge on any atom is 0.278 e. The number of nitrogens with zero attached hydrogens (tertiary/aromatic N) is 4. The Morgan fingerprint density at radius 3 is 2.41 bits per heavy atom. The summed E-state index contributed by atoms with van der Waals surface area (Å²) in [6.07, 6.45) is 1.79. The zero-order chi connectivity index (χ0) is 20.5. The first-order chi connectivity index (χ1) is 14.0. The van der Waals surface area contributed by atoms with Gasteiger partial charge in [0.1, 0.15) is 23.5 Å². The van der Waals surface area contributed by atoms with Gasteiger partial charge < -0.3 is 18.6 Å². The summed E-state index contributed by atoms with van der Waals surface area (Å²) in [5.41, 5.74) is 5.76. The van der Waals surface area contributed by atoms with E-state index in [1.165, 1.54) is 11.1 Å². The number of hydrogen-bond donors (Lipinski definition) is 0. The summed E-state index contributed by atoms with van der Waals surface area (Å²) in [5, 5.41) is 4.13. The summed E-state index contributed by atoms with van der Waals surface area (Å²) in [6.45, 7) is 6.16. The summed E-state index contributed by atoms with van der Waals surface area (Å²) in [4.78, 5) is 9.09. The quantitative estimate of drug-likeness (QED) is 0.498. The highest BCUT2D eigenvalue weighted by atomic mass is 16.5. The molecule has 0 saturated carbocycles. The molecule has 7 nitrogen and oxygen atoms in total. The highest BCUT2D eigenvalue weighted by Crippen LogP contribution is 2.33. The second-order valence-electron chi connectivity index (χ2n) is 6.78. The van der Waals surface area contributed by atoms with Crippen molar-refractivity contribution in [1.82, 2.24) is 19.7 Å². The molecule has 2 aromatic heterocycles. The number of aromatic nitrogens is 4. The van der Waals surface area contributed by atoms with Crippen LogP contribution in [0.1, 0.15) is 16.8 Å². The fraction of sp³-hybridized carbons (Fsp3) is 0.227. The van der Waals surface area contributed by atoms with Gasteiger partial charge in [-0.3, -0.25) is 0 Å². The molecule has 4 rings (SSSR count). The van der Waals surface area contributed by atoms with Crippen LogP contribution in [0.3, 0.4) is 0 Å². The molecule has 2 heterocycles. The SMILES string of the molecule is COc1ccc(-c2noc(-c3ncn(-c4c(C)cccc4C)c3C)n2)c(OC)c1. The van der Waals surface area contributed by atoms with Gasteiger partial charge in [-0.1, -0.05) is 23.4 Å². The smallest absolute Gasteiger partial charge is 0.278 e. The Morgan fingerprint density at radius 2 is 1.72 bits per heavy atom. The normalized spacial score (nSPS) is 10.9. The third kappa shape index (κ3) is 3.24. The molecular weight excluding hydrogens is 368 g/mol. The molecule has 148 valence electrons. The van der Waals surface area contributed by atoms with Crippen molar-refractivity contribution in [1.29, 1.82) is 0 Å². The molecule has 29 heavy (non-hydrogen) atoms. The molecule has 7 heteroatoms. The van der Waals surface area contributed by atoms with Crippen LogP contribution in [0.5, 0.6) is 11.5 Å². The summed E-state index contributed by atoms with van der Waals surface area (Å²) in [5.74, 6) is 2.09. The molecule has 0 amide bonds. The van der Waals surface area contributed by atoms with E-state index in [1.54, 1.807) is 26.6 Å². The van der Waals surface area contributed by atoms with E-state index in [4.69, 9.17) is 14.0 Å². The van der Waals surface area contributed by atoms with E-state index in [1.807, 2.05) is 25.1 Å². The fourth-order valence-corrected chi connectivity index (χ4v) is 3.44. The van der Waals surface area contributed by atoms with Crippen molar-refractivity contribution in [2.45, 2.75) is 20.8 Å². The number of hydrogen-bond acceptors (Lipinski definition) is 6. The van der Waals surface area contributed by atoms with Gasteiger partial charge >= 0.3 is 0 Å². The molecule has 0 saturated heterocycles. The number of methoxy groups -OCH3 is 2. The van der Waals surface area contributed by atoms with Crippen molar-refractivity contribution in [2.75, 3.05) is 14.2 Å². The molecule has 0 aliphatic rings. The lowest BCUT2D eigenvalue weighted by atomic mass is 10.1. The highest BCUT2D eigenvalue weighted by molar-refractivity contribution is 5.67. The molecule has 0 radical (unpaired) electrons. The van der Waals surface area contributed by atoms with E-state index in [0.29, 0.717) is 28.9 Å². The molecule has 0 bridgehead atoms. The van der Waals surface area contributed by atoms with Crippen LogP contribution in [-0.2, 0) is 0 Å². The summed E-state index contributed by atoms with van der Waals surface area (Å²) < 4.78 is 18.3. The van der Waals surface area contributed by atoms with Crippen LogP contribution in [0.15, 0.2) is 47.2 Å². The van der Waals surface area contributed by atoms with Gasteiger partial charge in [0.05, 0.1) is 31.2 Å². The molecule has 0 fully saturated rings. The van der Waals surface area contributed by atoms with E-state index in [9.17, 15) is 0 Å². The predicted octanol–water partition coefficient (Wildman–Crippen LogP) is 4.53. The Labute approximate surface area is 168 Å². The van der Waals surface area contributed by atoms with Crippen molar-refractivity contribution < 1.29 is 14.0 Å². The Morgan fingerprint density at radius 1 is 0.966 bits per heavy atom. The zero-order valence-electron chi connectivity index (χ0n) is 17.1. The second kappa shape index (κ2) is 7.43. The third-order valence-corrected chi connectivity index (χ3v) is 4.96. The molecule has 0 atom stereocenters. The van der Waals surface area contributed by atoms with E-state index in [-0.39, 0.29) is 0 Å². The van der Waals surface area contributed by atoms with Crippen molar-refractivity contribution in [3.05, 3.63) is 59.5 Å². The van der Waals surface area contributed by atoms with Crippen LogP contribution in [0.25, 0.3) is 28.7 Å². The van der Waals surface area contributed by atoms with Gasteiger partial charge in [-0.15, -0.1) is 0 Å². The van der Waals surface area contributed by atoms with Gasteiger partial charge in [-0.05, 0) is 44.0 Å². The van der Waals surface area contributed by atoms with Crippen LogP contribution in [-0.4, -0.2) is 33.9 Å². The molecule has 0 aliphatic heterocycles. The van der Waals surface area contributed by atoms with Crippen LogP contribution in [0, 0.1) is 20.8 Å². The van der Waals surface area contributed by atoms with Gasteiger partial charge in [0.15, 0.2) is 0 Å². The van der Waals surface area contributed by atoms with E-state index in [2.05, 4.69) is 45.7 Å². The largest absolute Gasteiger partial charge is 0.497 e. The average molecular weight is 390 g/mol. The van der Waals surface area contributed by atoms with Crippen LogP contribution < -0.4 is 9.47 Å². The monoisotopic (exact) mass is 390 g/mol. The maximum absolute atomic E-state index is 5.53. The number of imidazole rings is 1. The minimum absolute atomic E-state index is 0.361. The molecule has 4 aromatic rings. The standard InChI is InChI=1S/C22H22N4O3/c1-13-7-6-8-14(2)20(13)26-12-23-19(15(26)3)22-24-21(25-29-22)17-10-9-16(27-4)11-18(17)28-5/h6-12H,1-5H3. The van der Waals surface area contributed by atoms with Crippen molar-refractivity contribution in [2.24, 2.45) is 0 Å². The number of benzene rings is 2. The van der Waals surface area contributed by atoms with Crippen molar-refractivity contribution in [3.63, 3.8) is 0 Å². The Bertz CT molecular complexity index is 1160. The predicted molar refractivity (Wildman–Crippen MR) is 110 cm³/mol. The van der Waals surface area contributed by atoms with Gasteiger partial charge in [0.25, 0.3) is 5.89 Å². The molecule has 0 N–H and O–H groups in total. The molecule has 0 aliphatic carbocycles. The van der Waals surface area contributed by atoms with Gasteiger partial charge in [0, 0.05) is 6.07 Å². The van der Waals surface area contributed by atoms with Gasteiger partial charge in [-0.25, -0.2) is 4.98 Å². The number of ether oxygens (including phenoxy) is 2. The van der Waals surface area contributed by atoms with Crippen molar-refractivity contribution in [3.8, 4) is 40.2 Å². The third-order valence-electron chi connectivity index (χ3n) is 4.96. The minimum Gasteiger partial charge on any atom is -0.497 e. The van der Waals surface area contributed by atoms with E-state index < -0.39 is 0 Å². The molecule has 0 unspecified atom stereocenters. The minimum atomic E-state index is 0.361. The van der Waals surface area contributed by atoms with E-state index in [0.717, 1.165) is 16.9 Å². The Kier molecular flexibility index (Phi) is 4.80. The molecule has 0 spiro atoms. The summed E-state index contributed by atoms with van der Waals surface area (Å²) >= 11 is 0. The number of rotatable bonds is 5. The average Bonchev–Trinajstić information content (AvgIpc) is 3.34. The van der Waals surface area contributed by atoms with Crippen LogP contribution in [0.4, 0.5) is 0 Å². The number of aryl methyl sites for hydroxylation is 2. The lowest BCUT2D eigenvalue weighted by Gasteiger charge is -2.12. The first-order valence-electron chi connectivity index (χ1n) is 9.20. The Balaban J connectivity index is 1.74. The number of para-hydroxylation sites is 1. The summed E-state index contributed by atoms with van der Waals surface area (Å²) in [6, 6.07) is 11.7. The summed E-state index contributed by atoms with van der Waals surface area (Å²) in [7, 11) is 3.20. The highest BCUT2D eigenvalue weighted by Gasteiger charge is 2.20. The molecular formula is C22H22N4O3.